The summed E-state index contributed by atoms with van der Waals surface area (Å²) in [6.45, 7) is 6.68. The molecule has 0 unspecified atom stereocenters. The third kappa shape index (κ3) is 5.11. The van der Waals surface area contributed by atoms with E-state index in [1.165, 1.54) is 6.20 Å². The number of hydrogen-bond acceptors (Lipinski definition) is 11. The molecule has 0 radical (unpaired) electrons. The Morgan fingerprint density at radius 1 is 1.11 bits per heavy atom. The van der Waals surface area contributed by atoms with Gasteiger partial charge in [0.25, 0.3) is 5.89 Å². The number of fused-ring (bicyclic) bond motifs is 1. The molecule has 0 saturated heterocycles. The van der Waals surface area contributed by atoms with E-state index in [9.17, 15) is 15.2 Å². The Balaban J connectivity index is 1.51. The van der Waals surface area contributed by atoms with Gasteiger partial charge in [-0.25, -0.2) is 4.98 Å². The molecule has 0 saturated carbocycles. The molecule has 12 heteroatoms. The second kappa shape index (κ2) is 9.80. The molecule has 0 bridgehead atoms. The molecule has 2 aromatic carbocycles. The van der Waals surface area contributed by atoms with Crippen LogP contribution < -0.4 is 16.1 Å². The van der Waals surface area contributed by atoms with Crippen molar-refractivity contribution in [1.82, 2.24) is 20.2 Å². The fourth-order valence-corrected chi connectivity index (χ4v) is 4.28. The lowest BCUT2D eigenvalue weighted by Gasteiger charge is -2.21. The lowest BCUT2D eigenvalue weighted by Crippen LogP contribution is -2.28. The molecule has 0 amide bonds. The van der Waals surface area contributed by atoms with Gasteiger partial charge in [-0.2, -0.15) is 4.98 Å². The molecule has 1 aliphatic rings. The first-order valence-electron chi connectivity index (χ1n) is 12.2. The number of aromatic nitrogens is 4. The lowest BCUT2D eigenvalue weighted by atomic mass is 9.78. The van der Waals surface area contributed by atoms with Crippen molar-refractivity contribution in [3.05, 3.63) is 71.7 Å². The third-order valence-corrected chi connectivity index (χ3v) is 6.29. The third-order valence-electron chi connectivity index (χ3n) is 6.29. The summed E-state index contributed by atoms with van der Waals surface area (Å²) in [6, 6.07) is 14.5. The maximum Gasteiger partial charge on any atom is 0.492 e. The molecule has 11 nitrogen and oxygen atoms in total. The van der Waals surface area contributed by atoms with Gasteiger partial charge in [0, 0.05) is 11.9 Å². The van der Waals surface area contributed by atoms with E-state index >= 15 is 0 Å². The summed E-state index contributed by atoms with van der Waals surface area (Å²) < 4.78 is 11.4. The zero-order valence-electron chi connectivity index (χ0n) is 21.5. The van der Waals surface area contributed by atoms with E-state index in [1.54, 1.807) is 19.9 Å². The zero-order chi connectivity index (χ0) is 27.1. The Kier molecular flexibility index (Phi) is 6.65. The lowest BCUT2D eigenvalue weighted by molar-refractivity contribution is 0.0488. The van der Waals surface area contributed by atoms with Gasteiger partial charge in [0.1, 0.15) is 11.4 Å². The monoisotopic (exact) mass is 516 g/mol. The summed E-state index contributed by atoms with van der Waals surface area (Å²) in [5.41, 5.74) is 1.57. The van der Waals surface area contributed by atoms with Gasteiger partial charge in [0.2, 0.25) is 11.8 Å². The highest BCUT2D eigenvalue weighted by Gasteiger charge is 2.40. The first-order chi connectivity index (χ1) is 18.0. The number of nitrogens with one attached hydrogen (secondary N) is 2. The van der Waals surface area contributed by atoms with E-state index in [0.29, 0.717) is 22.5 Å². The summed E-state index contributed by atoms with van der Waals surface area (Å²) in [6.07, 6.45) is 1.53. The average molecular weight is 516 g/mol. The summed E-state index contributed by atoms with van der Waals surface area (Å²) in [4.78, 5) is 9.10. The van der Waals surface area contributed by atoms with Gasteiger partial charge < -0.3 is 34.9 Å². The Morgan fingerprint density at radius 3 is 2.55 bits per heavy atom. The molecular formula is C26H29BN6O5. The highest BCUT2D eigenvalue weighted by Crippen LogP contribution is 2.34. The van der Waals surface area contributed by atoms with Crippen molar-refractivity contribution in [2.24, 2.45) is 0 Å². The van der Waals surface area contributed by atoms with Gasteiger partial charge in [-0.15, -0.1) is 10.2 Å². The number of aliphatic hydroxyl groups excluding tert-OH is 1. The maximum absolute atomic E-state index is 10.3. The van der Waals surface area contributed by atoms with Crippen molar-refractivity contribution in [2.75, 3.05) is 17.2 Å². The Labute approximate surface area is 220 Å². The first-order valence-corrected chi connectivity index (χ1v) is 12.2. The minimum atomic E-state index is -1.32. The van der Waals surface area contributed by atoms with Gasteiger partial charge in [0.05, 0.1) is 23.8 Å². The molecule has 1 aliphatic heterocycles. The first kappa shape index (κ1) is 25.8. The van der Waals surface area contributed by atoms with Gasteiger partial charge in [-0.1, -0.05) is 36.4 Å². The summed E-state index contributed by atoms with van der Waals surface area (Å²) >= 11 is 0. The van der Waals surface area contributed by atoms with Crippen LogP contribution in [0.5, 0.6) is 0 Å². The second-order valence-electron chi connectivity index (χ2n) is 10.1. The topological polar surface area (TPSA) is 159 Å². The molecule has 1 atom stereocenters. The highest BCUT2D eigenvalue weighted by atomic mass is 16.5. The van der Waals surface area contributed by atoms with Gasteiger partial charge in [-0.3, -0.25) is 0 Å². The molecule has 38 heavy (non-hydrogen) atoms. The number of benzene rings is 2. The Hall–Kier alpha value is -3.84. The average Bonchev–Trinajstić information content (AvgIpc) is 3.46. The molecular weight excluding hydrogens is 487 g/mol. The molecule has 0 spiro atoms. The van der Waals surface area contributed by atoms with Crippen LogP contribution in [0.1, 0.15) is 50.8 Å². The number of nitrogens with zero attached hydrogens (tertiary/aromatic N) is 4. The Morgan fingerprint density at radius 2 is 1.87 bits per heavy atom. The van der Waals surface area contributed by atoms with E-state index in [-0.39, 0.29) is 24.3 Å². The van der Waals surface area contributed by atoms with E-state index in [2.05, 4.69) is 30.8 Å². The van der Waals surface area contributed by atoms with Crippen LogP contribution >= 0.6 is 0 Å². The van der Waals surface area contributed by atoms with Crippen LogP contribution in [0.25, 0.3) is 11.5 Å². The molecule has 0 fully saturated rings. The zero-order valence-corrected chi connectivity index (χ0v) is 21.5. The maximum atomic E-state index is 10.3. The van der Waals surface area contributed by atoms with Gasteiger partial charge in [0.15, 0.2) is 0 Å². The van der Waals surface area contributed by atoms with Gasteiger partial charge in [-0.05, 0) is 56.4 Å². The van der Waals surface area contributed by atoms with E-state index in [1.807, 2.05) is 56.3 Å². The Bertz CT molecular complexity index is 1440. The summed E-state index contributed by atoms with van der Waals surface area (Å²) in [7, 11) is -0.975. The number of hydrogen-bond donors (Lipinski definition) is 5. The van der Waals surface area contributed by atoms with Crippen LogP contribution in [0.15, 0.2) is 59.1 Å². The van der Waals surface area contributed by atoms with Crippen molar-refractivity contribution in [1.29, 1.82) is 0 Å². The van der Waals surface area contributed by atoms with Crippen LogP contribution in [-0.2, 0) is 15.9 Å². The van der Waals surface area contributed by atoms with Crippen LogP contribution in [0.4, 0.5) is 17.5 Å². The molecule has 2 aromatic heterocycles. The largest absolute Gasteiger partial charge is 0.492 e. The smallest absolute Gasteiger partial charge is 0.423 e. The second-order valence-corrected chi connectivity index (χ2v) is 10.1. The fraction of sp³-hybridized carbons (Fsp3) is 0.308. The van der Waals surface area contributed by atoms with Crippen molar-refractivity contribution in [2.45, 2.75) is 44.9 Å². The van der Waals surface area contributed by atoms with Gasteiger partial charge >= 0.3 is 7.12 Å². The van der Waals surface area contributed by atoms with Crippen LogP contribution in [0, 0.1) is 0 Å². The van der Waals surface area contributed by atoms with Crippen molar-refractivity contribution in [3.8, 4) is 11.5 Å². The normalized spacial score (nSPS) is 15.3. The van der Waals surface area contributed by atoms with Crippen molar-refractivity contribution < 1.29 is 24.3 Å². The number of anilines is 3. The minimum absolute atomic E-state index is 0.0487. The molecule has 5 N–H and O–H groups in total. The summed E-state index contributed by atoms with van der Waals surface area (Å²) in [5, 5.41) is 45.1. The molecule has 0 aliphatic carbocycles. The van der Waals surface area contributed by atoms with E-state index in [0.717, 1.165) is 11.1 Å². The highest BCUT2D eigenvalue weighted by molar-refractivity contribution is 6.62. The quantitative estimate of drug-likeness (QED) is 0.219. The van der Waals surface area contributed by atoms with Crippen LogP contribution in [0.3, 0.4) is 0 Å². The molecule has 3 heterocycles. The van der Waals surface area contributed by atoms with Crippen molar-refractivity contribution >= 4 is 30.0 Å². The minimum Gasteiger partial charge on any atom is -0.423 e. The number of rotatable bonds is 8. The molecule has 196 valence electrons. The molecule has 4 aromatic rings. The predicted octanol–water partition coefficient (Wildman–Crippen LogP) is 2.60. The predicted molar refractivity (Wildman–Crippen MR) is 142 cm³/mol. The standard InChI is InChI=1S/C26H29BN6O5/c1-25(2,35)23-33-32-22(37-23)17-13-28-24(31-21(17)30-20(14-34)15-8-6-5-7-9-15)29-16-10-11-19-18(12-16)26(3,4)38-27(19)36/h5-13,20,34-36H,14H2,1-4H3,(H2,28,29,30,31)/t20-/m1/s1. The fourth-order valence-electron chi connectivity index (χ4n) is 4.28. The van der Waals surface area contributed by atoms with Crippen LogP contribution in [0.2, 0.25) is 0 Å². The van der Waals surface area contributed by atoms with E-state index in [4.69, 9.17) is 9.07 Å². The summed E-state index contributed by atoms with van der Waals surface area (Å²) in [5.74, 6) is 0.788. The van der Waals surface area contributed by atoms with Crippen molar-refractivity contribution in [3.63, 3.8) is 0 Å². The number of aliphatic hydroxyl groups is 2. The SMILES string of the molecule is CC(C)(O)c1nnc(-c2cnc(Nc3ccc4c(c3)C(C)(C)OB4O)nc2N[C@H](CO)c2ccccc2)o1. The van der Waals surface area contributed by atoms with E-state index < -0.39 is 24.4 Å². The van der Waals surface area contributed by atoms with Crippen LogP contribution in [-0.4, -0.2) is 49.1 Å². The molecule has 5 rings (SSSR count).